The van der Waals surface area contributed by atoms with Gasteiger partial charge < -0.3 is 5.32 Å². The van der Waals surface area contributed by atoms with Crippen molar-refractivity contribution in [1.82, 2.24) is 5.32 Å². The van der Waals surface area contributed by atoms with E-state index in [1.807, 2.05) is 13.0 Å². The second-order valence-corrected chi connectivity index (χ2v) is 3.95. The number of hydrogen-bond donors (Lipinski definition) is 1. The summed E-state index contributed by atoms with van der Waals surface area (Å²) in [5, 5.41) is 11.2. The van der Waals surface area contributed by atoms with Crippen molar-refractivity contribution >= 4 is 12.0 Å². The van der Waals surface area contributed by atoms with Crippen molar-refractivity contribution in [2.45, 2.75) is 25.8 Å². The molecule has 1 atom stereocenters. The molecule has 0 aliphatic heterocycles. The molecule has 1 aromatic rings. The molecule has 1 unspecified atom stereocenters. The Hall–Kier alpha value is -2.22. The van der Waals surface area contributed by atoms with Crippen LogP contribution in [0.15, 0.2) is 24.3 Å². The highest BCUT2D eigenvalue weighted by Gasteiger charge is 2.09. The summed E-state index contributed by atoms with van der Waals surface area (Å²) in [5.41, 5.74) is -0.276. The lowest BCUT2D eigenvalue weighted by molar-refractivity contribution is -0.116. The van der Waals surface area contributed by atoms with E-state index in [1.165, 1.54) is 6.07 Å². The van der Waals surface area contributed by atoms with Gasteiger partial charge in [0.2, 0.25) is 5.91 Å². The standard InChI is InChI=1S/C14H14F2N2O/c1-2-4-10(9-17)18-14(19)8-7-11-12(15)5-3-6-13(11)16/h3,5-8,10H,2,4H2,1H3,(H,18,19). The number of amides is 1. The first kappa shape index (κ1) is 14.8. The highest BCUT2D eigenvalue weighted by Crippen LogP contribution is 2.13. The first-order valence-electron chi connectivity index (χ1n) is 5.90. The largest absolute Gasteiger partial charge is 0.337 e. The molecule has 0 saturated carbocycles. The maximum absolute atomic E-state index is 13.3. The molecule has 1 rings (SSSR count). The average Bonchev–Trinajstić information content (AvgIpc) is 2.37. The third-order valence-electron chi connectivity index (χ3n) is 2.45. The van der Waals surface area contributed by atoms with Gasteiger partial charge in [-0.3, -0.25) is 4.79 Å². The van der Waals surface area contributed by atoms with Crippen LogP contribution in [0.2, 0.25) is 0 Å². The van der Waals surface area contributed by atoms with Crippen molar-refractivity contribution in [1.29, 1.82) is 5.26 Å². The number of rotatable bonds is 5. The predicted molar refractivity (Wildman–Crippen MR) is 67.8 cm³/mol. The Morgan fingerprint density at radius 2 is 2.11 bits per heavy atom. The van der Waals surface area contributed by atoms with Crippen LogP contribution in [0, 0.1) is 23.0 Å². The predicted octanol–water partition coefficient (Wildman–Crippen LogP) is 2.79. The minimum absolute atomic E-state index is 0.276. The fourth-order valence-electron chi connectivity index (χ4n) is 1.51. The summed E-state index contributed by atoms with van der Waals surface area (Å²) in [4.78, 5) is 11.5. The van der Waals surface area contributed by atoms with Gasteiger partial charge in [-0.1, -0.05) is 19.4 Å². The lowest BCUT2D eigenvalue weighted by atomic mass is 10.1. The smallest absolute Gasteiger partial charge is 0.245 e. The minimum atomic E-state index is -0.741. The van der Waals surface area contributed by atoms with Crippen LogP contribution in [0.3, 0.4) is 0 Å². The third kappa shape index (κ3) is 4.51. The van der Waals surface area contributed by atoms with Crippen molar-refractivity contribution in [3.05, 3.63) is 41.5 Å². The van der Waals surface area contributed by atoms with Crippen molar-refractivity contribution in [3.8, 4) is 6.07 Å². The highest BCUT2D eigenvalue weighted by atomic mass is 19.1. The van der Waals surface area contributed by atoms with E-state index in [2.05, 4.69) is 5.32 Å². The zero-order valence-electron chi connectivity index (χ0n) is 10.5. The molecule has 5 heteroatoms. The van der Waals surface area contributed by atoms with Crippen LogP contribution < -0.4 is 5.32 Å². The van der Waals surface area contributed by atoms with Gasteiger partial charge in [0, 0.05) is 11.6 Å². The zero-order valence-corrected chi connectivity index (χ0v) is 10.5. The number of carbonyl (C=O) groups excluding carboxylic acids is 1. The highest BCUT2D eigenvalue weighted by molar-refractivity contribution is 5.92. The summed E-state index contributed by atoms with van der Waals surface area (Å²) >= 11 is 0. The Labute approximate surface area is 110 Å². The Balaban J connectivity index is 2.71. The molecule has 100 valence electrons. The summed E-state index contributed by atoms with van der Waals surface area (Å²) in [5.74, 6) is -2.04. The van der Waals surface area contributed by atoms with Crippen LogP contribution in [0.4, 0.5) is 8.78 Å². The molecule has 0 aliphatic rings. The molecule has 0 saturated heterocycles. The topological polar surface area (TPSA) is 52.9 Å². The zero-order chi connectivity index (χ0) is 14.3. The van der Waals surface area contributed by atoms with E-state index in [9.17, 15) is 13.6 Å². The van der Waals surface area contributed by atoms with E-state index >= 15 is 0 Å². The normalized spacial score (nSPS) is 12.1. The Bertz CT molecular complexity index is 500. The van der Waals surface area contributed by atoms with Gasteiger partial charge in [0.25, 0.3) is 0 Å². The molecule has 0 fully saturated rings. The second-order valence-electron chi connectivity index (χ2n) is 3.95. The van der Waals surface area contributed by atoms with E-state index in [4.69, 9.17) is 5.26 Å². The van der Waals surface area contributed by atoms with Crippen LogP contribution in [0.5, 0.6) is 0 Å². The van der Waals surface area contributed by atoms with Gasteiger partial charge in [-0.2, -0.15) is 5.26 Å². The van der Waals surface area contributed by atoms with E-state index in [1.54, 1.807) is 0 Å². The molecular weight excluding hydrogens is 250 g/mol. The van der Waals surface area contributed by atoms with E-state index in [0.717, 1.165) is 30.7 Å². The summed E-state index contributed by atoms with van der Waals surface area (Å²) in [6, 6.07) is 4.81. The number of benzene rings is 1. The first-order valence-corrected chi connectivity index (χ1v) is 5.90. The van der Waals surface area contributed by atoms with Gasteiger partial charge in [0.1, 0.15) is 17.7 Å². The molecule has 0 heterocycles. The molecule has 1 amide bonds. The van der Waals surface area contributed by atoms with Crippen LogP contribution in [0.1, 0.15) is 25.3 Å². The van der Waals surface area contributed by atoms with Gasteiger partial charge in [-0.05, 0) is 24.6 Å². The first-order chi connectivity index (χ1) is 9.08. The lowest BCUT2D eigenvalue weighted by Gasteiger charge is -2.07. The summed E-state index contributed by atoms with van der Waals surface area (Å²) in [7, 11) is 0. The summed E-state index contributed by atoms with van der Waals surface area (Å²) in [6.07, 6.45) is 3.36. The number of nitriles is 1. The summed E-state index contributed by atoms with van der Waals surface area (Å²) < 4.78 is 26.6. The van der Waals surface area contributed by atoms with E-state index < -0.39 is 23.6 Å². The third-order valence-corrected chi connectivity index (χ3v) is 2.45. The number of hydrogen-bond acceptors (Lipinski definition) is 2. The quantitative estimate of drug-likeness (QED) is 0.831. The average molecular weight is 264 g/mol. The van der Waals surface area contributed by atoms with E-state index in [-0.39, 0.29) is 5.56 Å². The van der Waals surface area contributed by atoms with Gasteiger partial charge in [-0.15, -0.1) is 0 Å². The van der Waals surface area contributed by atoms with Crippen molar-refractivity contribution < 1.29 is 13.6 Å². The molecular formula is C14H14F2N2O. The monoisotopic (exact) mass is 264 g/mol. The maximum atomic E-state index is 13.3. The second kappa shape index (κ2) is 7.27. The van der Waals surface area contributed by atoms with Gasteiger partial charge in [-0.25, -0.2) is 8.78 Å². The van der Waals surface area contributed by atoms with Crippen LogP contribution in [-0.2, 0) is 4.79 Å². The van der Waals surface area contributed by atoms with Gasteiger partial charge in [0.15, 0.2) is 0 Å². The number of nitrogens with zero attached hydrogens (tertiary/aromatic N) is 1. The van der Waals surface area contributed by atoms with Gasteiger partial charge >= 0.3 is 0 Å². The van der Waals surface area contributed by atoms with Crippen molar-refractivity contribution in [2.24, 2.45) is 0 Å². The lowest BCUT2D eigenvalue weighted by Crippen LogP contribution is -2.32. The maximum Gasteiger partial charge on any atom is 0.245 e. The number of carbonyl (C=O) groups is 1. The minimum Gasteiger partial charge on any atom is -0.337 e. The molecule has 0 spiro atoms. The molecule has 0 aromatic heterocycles. The SMILES string of the molecule is CCCC(C#N)NC(=O)C=Cc1c(F)cccc1F. The molecule has 3 nitrogen and oxygen atoms in total. The van der Waals surface area contributed by atoms with Gasteiger partial charge in [0.05, 0.1) is 6.07 Å². The Kier molecular flexibility index (Phi) is 5.68. The number of halogens is 2. The molecule has 0 bridgehead atoms. The fourth-order valence-corrected chi connectivity index (χ4v) is 1.51. The van der Waals surface area contributed by atoms with Crippen molar-refractivity contribution in [2.75, 3.05) is 0 Å². The molecule has 0 aliphatic carbocycles. The molecule has 1 N–H and O–H groups in total. The number of nitrogens with one attached hydrogen (secondary N) is 1. The van der Waals surface area contributed by atoms with Crippen LogP contribution >= 0.6 is 0 Å². The Morgan fingerprint density at radius 1 is 1.47 bits per heavy atom. The molecule has 1 aromatic carbocycles. The summed E-state index contributed by atoms with van der Waals surface area (Å²) in [6.45, 7) is 1.89. The molecule has 19 heavy (non-hydrogen) atoms. The van der Waals surface area contributed by atoms with Crippen LogP contribution in [0.25, 0.3) is 6.08 Å². The van der Waals surface area contributed by atoms with Crippen LogP contribution in [-0.4, -0.2) is 11.9 Å². The van der Waals surface area contributed by atoms with E-state index in [0.29, 0.717) is 6.42 Å². The Morgan fingerprint density at radius 3 is 2.63 bits per heavy atom. The molecule has 0 radical (unpaired) electrons. The van der Waals surface area contributed by atoms with Crippen molar-refractivity contribution in [3.63, 3.8) is 0 Å². The fraction of sp³-hybridized carbons (Fsp3) is 0.286.